The summed E-state index contributed by atoms with van der Waals surface area (Å²) in [4.78, 5) is 33.7. The van der Waals surface area contributed by atoms with Gasteiger partial charge in [0.05, 0.1) is 12.5 Å². The number of amides is 2. The van der Waals surface area contributed by atoms with E-state index in [-0.39, 0.29) is 25.0 Å². The van der Waals surface area contributed by atoms with Gasteiger partial charge in [0, 0.05) is 61.3 Å². The summed E-state index contributed by atoms with van der Waals surface area (Å²) in [5, 5.41) is 12.6. The number of aliphatic hydroxyl groups is 1. The van der Waals surface area contributed by atoms with Gasteiger partial charge in [0.1, 0.15) is 0 Å². The summed E-state index contributed by atoms with van der Waals surface area (Å²) < 4.78 is 0. The number of aliphatic hydroxyl groups excluding tert-OH is 1. The summed E-state index contributed by atoms with van der Waals surface area (Å²) >= 11 is 6.40. The van der Waals surface area contributed by atoms with Crippen LogP contribution in [0, 0.1) is 12.8 Å². The molecule has 2 amide bonds. The lowest BCUT2D eigenvalue weighted by Gasteiger charge is -2.38. The Labute approximate surface area is 195 Å². The first kappa shape index (κ1) is 24.4. The molecule has 7 nitrogen and oxygen atoms in total. The van der Waals surface area contributed by atoms with Crippen LogP contribution in [0.15, 0.2) is 28.8 Å². The highest BCUT2D eigenvalue weighted by Crippen LogP contribution is 2.31. The number of nitrogens with one attached hydrogen (secondary N) is 1. The molecule has 1 aromatic carbocycles. The number of carbonyl (C=O) groups excluding carboxylic acids is 2. The van der Waals surface area contributed by atoms with Crippen LogP contribution in [0.25, 0.3) is 0 Å². The zero-order valence-electron chi connectivity index (χ0n) is 19.3. The number of halogens is 1. The molecule has 3 rings (SSSR count). The number of allylic oxidation sites excluding steroid dienone is 1. The molecule has 1 atom stereocenters. The molecule has 1 fully saturated rings. The van der Waals surface area contributed by atoms with Gasteiger partial charge in [-0.05, 0) is 57.4 Å². The van der Waals surface area contributed by atoms with Gasteiger partial charge in [0.2, 0.25) is 0 Å². The van der Waals surface area contributed by atoms with Crippen molar-refractivity contribution in [1.29, 1.82) is 0 Å². The van der Waals surface area contributed by atoms with Crippen LogP contribution < -0.4 is 10.2 Å². The zero-order valence-corrected chi connectivity index (χ0v) is 20.1. The number of hydrogen-bond acceptors (Lipinski definition) is 5. The second-order valence-electron chi connectivity index (χ2n) is 8.75. The average molecular weight is 461 g/mol. The molecule has 1 saturated heterocycles. The van der Waals surface area contributed by atoms with E-state index in [0.717, 1.165) is 42.8 Å². The third kappa shape index (κ3) is 5.57. The fourth-order valence-corrected chi connectivity index (χ4v) is 4.79. The van der Waals surface area contributed by atoms with Crippen LogP contribution in [0.5, 0.6) is 0 Å². The van der Waals surface area contributed by atoms with E-state index in [4.69, 9.17) is 16.7 Å². The van der Waals surface area contributed by atoms with E-state index >= 15 is 0 Å². The Morgan fingerprint density at radius 1 is 1.28 bits per heavy atom. The minimum atomic E-state index is -0.437. The Balaban J connectivity index is 1.71. The molecule has 2 N–H and O–H groups in total. The molecule has 0 spiro atoms. The van der Waals surface area contributed by atoms with Crippen molar-refractivity contribution in [3.63, 3.8) is 0 Å². The Hall–Kier alpha value is -2.22. The second-order valence-corrected chi connectivity index (χ2v) is 9.18. The maximum Gasteiger partial charge on any atom is 0.254 e. The predicted octanol–water partition coefficient (Wildman–Crippen LogP) is 2.83. The largest absolute Gasteiger partial charge is 0.395 e. The molecular weight excluding hydrogens is 428 g/mol. The molecule has 0 aromatic heterocycles. The van der Waals surface area contributed by atoms with Crippen molar-refractivity contribution in [3.05, 3.63) is 39.9 Å². The molecule has 1 aromatic rings. The minimum absolute atomic E-state index is 0.181. The van der Waals surface area contributed by atoms with E-state index in [1.807, 2.05) is 33.0 Å². The lowest BCUT2D eigenvalue weighted by atomic mass is 9.95. The van der Waals surface area contributed by atoms with Crippen LogP contribution in [-0.2, 0) is 4.79 Å². The Morgan fingerprint density at radius 2 is 1.97 bits per heavy atom. The van der Waals surface area contributed by atoms with Crippen LogP contribution in [-0.4, -0.2) is 73.4 Å². The molecule has 2 aliphatic rings. The quantitative estimate of drug-likeness (QED) is 0.653. The number of β-amino-alcohol motifs (C(OH)–C–C–N with tert-alkyl or cyclic N) is 1. The first-order chi connectivity index (χ1) is 15.2. The SMILES string of the molecule is CC1=CC(C)=NC(=O)C1CNC(=O)c1cc(Cl)cc(N(C)C2CCN(CCO)CC2)c1C. The van der Waals surface area contributed by atoms with Gasteiger partial charge in [-0.3, -0.25) is 9.59 Å². The van der Waals surface area contributed by atoms with Crippen LogP contribution in [0.1, 0.15) is 42.6 Å². The number of likely N-dealkylation sites (tertiary alicyclic amines) is 1. The van der Waals surface area contributed by atoms with Crippen LogP contribution >= 0.6 is 11.6 Å². The highest BCUT2D eigenvalue weighted by Gasteiger charge is 2.27. The van der Waals surface area contributed by atoms with Gasteiger partial charge < -0.3 is 20.2 Å². The highest BCUT2D eigenvalue weighted by molar-refractivity contribution is 6.31. The third-order valence-electron chi connectivity index (χ3n) is 6.53. The molecule has 0 bridgehead atoms. The van der Waals surface area contributed by atoms with Gasteiger partial charge in [-0.2, -0.15) is 0 Å². The van der Waals surface area contributed by atoms with E-state index in [2.05, 4.69) is 20.1 Å². The number of carbonyl (C=O) groups is 2. The maximum absolute atomic E-state index is 13.0. The van der Waals surface area contributed by atoms with Crippen LogP contribution in [0.3, 0.4) is 0 Å². The minimum Gasteiger partial charge on any atom is -0.395 e. The van der Waals surface area contributed by atoms with Crippen LogP contribution in [0.4, 0.5) is 5.69 Å². The average Bonchev–Trinajstić information content (AvgIpc) is 2.74. The van der Waals surface area contributed by atoms with E-state index in [0.29, 0.717) is 28.9 Å². The van der Waals surface area contributed by atoms with Gasteiger partial charge in [-0.1, -0.05) is 17.2 Å². The summed E-state index contributed by atoms with van der Waals surface area (Å²) in [6.07, 6.45) is 3.85. The number of anilines is 1. The van der Waals surface area contributed by atoms with Crippen molar-refractivity contribution >= 4 is 34.8 Å². The van der Waals surface area contributed by atoms with Crippen molar-refractivity contribution in [1.82, 2.24) is 10.2 Å². The van der Waals surface area contributed by atoms with Gasteiger partial charge >= 0.3 is 0 Å². The summed E-state index contributed by atoms with van der Waals surface area (Å²) in [6.45, 7) is 8.58. The Morgan fingerprint density at radius 3 is 2.59 bits per heavy atom. The number of nitrogens with zero attached hydrogens (tertiary/aromatic N) is 3. The normalized spacial score (nSPS) is 20.1. The van der Waals surface area contributed by atoms with E-state index in [1.54, 1.807) is 13.0 Å². The Kier molecular flexibility index (Phi) is 8.09. The number of aliphatic imine (C=N–C) groups is 1. The zero-order chi connectivity index (χ0) is 23.4. The van der Waals surface area contributed by atoms with Crippen molar-refractivity contribution in [2.24, 2.45) is 10.9 Å². The first-order valence-corrected chi connectivity index (χ1v) is 11.5. The Bertz CT molecular complexity index is 935. The molecule has 32 heavy (non-hydrogen) atoms. The van der Waals surface area contributed by atoms with Crippen LogP contribution in [0.2, 0.25) is 5.02 Å². The molecule has 0 radical (unpaired) electrons. The number of dihydropyridines is 1. The van der Waals surface area contributed by atoms with Crippen molar-refractivity contribution < 1.29 is 14.7 Å². The topological polar surface area (TPSA) is 85.2 Å². The molecule has 1 unspecified atom stereocenters. The number of hydrogen-bond donors (Lipinski definition) is 2. The van der Waals surface area contributed by atoms with E-state index in [1.165, 1.54) is 0 Å². The number of piperidine rings is 1. The monoisotopic (exact) mass is 460 g/mol. The van der Waals surface area contributed by atoms with Gasteiger partial charge in [-0.15, -0.1) is 0 Å². The fourth-order valence-electron chi connectivity index (χ4n) is 4.58. The molecule has 0 aliphatic carbocycles. The van der Waals surface area contributed by atoms with E-state index < -0.39 is 5.92 Å². The predicted molar refractivity (Wildman–Crippen MR) is 129 cm³/mol. The van der Waals surface area contributed by atoms with Crippen molar-refractivity contribution in [2.75, 3.05) is 44.7 Å². The lowest BCUT2D eigenvalue weighted by molar-refractivity contribution is -0.120. The van der Waals surface area contributed by atoms with Gasteiger partial charge in [0.15, 0.2) is 0 Å². The summed E-state index contributed by atoms with van der Waals surface area (Å²) in [7, 11) is 2.04. The standard InChI is InChI=1S/C24H33ClN4O3/c1-15-11-16(2)27-24(32)21(15)14-26-23(31)20-12-18(25)13-22(17(20)3)28(4)19-5-7-29(8-6-19)9-10-30/h11-13,19,21,30H,5-10,14H2,1-4H3,(H,26,31). The maximum atomic E-state index is 13.0. The lowest BCUT2D eigenvalue weighted by Crippen LogP contribution is -2.44. The van der Waals surface area contributed by atoms with Gasteiger partial charge in [0.25, 0.3) is 11.8 Å². The molecule has 174 valence electrons. The molecule has 2 heterocycles. The first-order valence-electron chi connectivity index (χ1n) is 11.1. The summed E-state index contributed by atoms with van der Waals surface area (Å²) in [5.74, 6) is -0.906. The van der Waals surface area contributed by atoms with E-state index in [9.17, 15) is 9.59 Å². The molecule has 8 heteroatoms. The van der Waals surface area contributed by atoms with Gasteiger partial charge in [-0.25, -0.2) is 4.99 Å². The summed E-state index contributed by atoms with van der Waals surface area (Å²) in [6, 6.07) is 3.93. The van der Waals surface area contributed by atoms with Crippen molar-refractivity contribution in [3.8, 4) is 0 Å². The molecule has 2 aliphatic heterocycles. The molecular formula is C24H33ClN4O3. The second kappa shape index (κ2) is 10.6. The number of rotatable bonds is 7. The third-order valence-corrected chi connectivity index (χ3v) is 6.75. The van der Waals surface area contributed by atoms with Crippen molar-refractivity contribution in [2.45, 2.75) is 39.7 Å². The smallest absolute Gasteiger partial charge is 0.254 e. The molecule has 0 saturated carbocycles. The fraction of sp³-hybridized carbons (Fsp3) is 0.542. The summed E-state index contributed by atoms with van der Waals surface area (Å²) in [5.41, 5.74) is 3.91. The highest BCUT2D eigenvalue weighted by atomic mass is 35.5. The number of benzene rings is 1.